The molecule has 0 aromatic carbocycles. The topological polar surface area (TPSA) is 78.9 Å². The number of esters is 3. The van der Waals surface area contributed by atoms with Crippen molar-refractivity contribution in [1.29, 1.82) is 0 Å². The van der Waals surface area contributed by atoms with E-state index in [9.17, 15) is 14.4 Å². The van der Waals surface area contributed by atoms with Crippen LogP contribution in [0.1, 0.15) is 316 Å². The molecule has 382 valence electrons. The molecule has 0 bridgehead atoms. The first-order valence-electron chi connectivity index (χ1n) is 28.8. The van der Waals surface area contributed by atoms with Gasteiger partial charge in [0, 0.05) is 19.3 Å². The van der Waals surface area contributed by atoms with Crippen LogP contribution in [0.2, 0.25) is 0 Å². The first kappa shape index (κ1) is 62.9. The van der Waals surface area contributed by atoms with Crippen LogP contribution in [0.4, 0.5) is 0 Å². The highest BCUT2D eigenvalue weighted by Gasteiger charge is 2.19. The highest BCUT2D eigenvalue weighted by atomic mass is 16.6. The molecule has 0 aromatic heterocycles. The predicted octanol–water partition coefficient (Wildman–Crippen LogP) is 19.1. The molecule has 0 saturated carbocycles. The Morgan fingerprint density at radius 1 is 0.308 bits per heavy atom. The quantitative estimate of drug-likeness (QED) is 0.0262. The van der Waals surface area contributed by atoms with Gasteiger partial charge in [-0.3, -0.25) is 14.4 Å². The van der Waals surface area contributed by atoms with Crippen LogP contribution < -0.4 is 0 Å². The molecule has 0 radical (unpaired) electrons. The van der Waals surface area contributed by atoms with E-state index < -0.39 is 6.10 Å². The van der Waals surface area contributed by atoms with Gasteiger partial charge in [-0.1, -0.05) is 270 Å². The van der Waals surface area contributed by atoms with Crippen LogP contribution in [0, 0.1) is 0 Å². The summed E-state index contributed by atoms with van der Waals surface area (Å²) in [5.74, 6) is -0.853. The standard InChI is InChI=1S/C59H110O6/c1-4-7-10-13-16-19-21-23-24-25-26-27-28-29-30-31-32-33-34-35-36-37-39-40-43-46-49-52-58(61)64-55-56(54-63-57(60)51-48-45-42-18-15-12-9-6-3)65-59(62)53-50-47-44-41-38-22-20-17-14-11-8-5-2/h21,23,25-26,56H,4-20,22,24,27-55H2,1-3H3/b23-21-,26-25-. The number of unbranched alkanes of at least 4 members (excludes halogenated alkanes) is 38. The second-order valence-corrected chi connectivity index (χ2v) is 19.6. The molecule has 0 heterocycles. The Labute approximate surface area is 404 Å². The third kappa shape index (κ3) is 52.7. The lowest BCUT2D eigenvalue weighted by atomic mass is 10.0. The minimum absolute atomic E-state index is 0.0658. The van der Waals surface area contributed by atoms with Crippen molar-refractivity contribution in [3.05, 3.63) is 24.3 Å². The number of allylic oxidation sites excluding steroid dienone is 4. The summed E-state index contributed by atoms with van der Waals surface area (Å²) in [6.45, 7) is 6.63. The van der Waals surface area contributed by atoms with E-state index in [1.54, 1.807) is 0 Å². The van der Waals surface area contributed by atoms with E-state index in [0.717, 1.165) is 64.2 Å². The highest BCUT2D eigenvalue weighted by Crippen LogP contribution is 2.17. The van der Waals surface area contributed by atoms with Gasteiger partial charge in [-0.2, -0.15) is 0 Å². The molecule has 0 aliphatic heterocycles. The fourth-order valence-corrected chi connectivity index (χ4v) is 8.59. The molecule has 0 N–H and O–H groups in total. The van der Waals surface area contributed by atoms with Crippen molar-refractivity contribution in [2.75, 3.05) is 13.2 Å². The van der Waals surface area contributed by atoms with E-state index in [4.69, 9.17) is 14.2 Å². The number of hydrogen-bond donors (Lipinski definition) is 0. The molecule has 0 aliphatic rings. The molecule has 1 atom stereocenters. The fourth-order valence-electron chi connectivity index (χ4n) is 8.59. The molecule has 0 amide bonds. The minimum atomic E-state index is -0.763. The van der Waals surface area contributed by atoms with Gasteiger partial charge in [-0.15, -0.1) is 0 Å². The summed E-state index contributed by atoms with van der Waals surface area (Å²) >= 11 is 0. The van der Waals surface area contributed by atoms with Crippen molar-refractivity contribution >= 4 is 17.9 Å². The van der Waals surface area contributed by atoms with Crippen LogP contribution >= 0.6 is 0 Å². The van der Waals surface area contributed by atoms with Crippen LogP contribution in [-0.4, -0.2) is 37.2 Å². The molecular formula is C59H110O6. The van der Waals surface area contributed by atoms with E-state index in [1.165, 1.54) is 212 Å². The van der Waals surface area contributed by atoms with Gasteiger partial charge in [-0.05, 0) is 51.4 Å². The zero-order valence-electron chi connectivity index (χ0n) is 43.8. The zero-order valence-corrected chi connectivity index (χ0v) is 43.8. The Balaban J connectivity index is 4.05. The van der Waals surface area contributed by atoms with Crippen LogP contribution in [0.25, 0.3) is 0 Å². The molecule has 0 aromatic rings. The van der Waals surface area contributed by atoms with E-state index in [0.29, 0.717) is 19.3 Å². The maximum Gasteiger partial charge on any atom is 0.306 e. The Bertz CT molecular complexity index is 1050. The van der Waals surface area contributed by atoms with Gasteiger partial charge in [-0.25, -0.2) is 0 Å². The first-order chi connectivity index (χ1) is 32.0. The monoisotopic (exact) mass is 915 g/mol. The average molecular weight is 916 g/mol. The lowest BCUT2D eigenvalue weighted by molar-refractivity contribution is -0.167. The lowest BCUT2D eigenvalue weighted by Crippen LogP contribution is -2.30. The molecule has 0 rings (SSSR count). The van der Waals surface area contributed by atoms with E-state index in [1.807, 2.05) is 0 Å². The van der Waals surface area contributed by atoms with Gasteiger partial charge in [0.2, 0.25) is 0 Å². The average Bonchev–Trinajstić information content (AvgIpc) is 3.30. The van der Waals surface area contributed by atoms with Crippen molar-refractivity contribution in [2.24, 2.45) is 0 Å². The summed E-state index contributed by atoms with van der Waals surface area (Å²) in [4.78, 5) is 37.9. The fraction of sp³-hybridized carbons (Fsp3) is 0.881. The third-order valence-corrected chi connectivity index (χ3v) is 13.0. The minimum Gasteiger partial charge on any atom is -0.462 e. The Hall–Kier alpha value is -2.11. The Kier molecular flexibility index (Phi) is 52.7. The number of carbonyl (C=O) groups is 3. The van der Waals surface area contributed by atoms with Crippen molar-refractivity contribution in [3.63, 3.8) is 0 Å². The summed E-state index contributed by atoms with van der Waals surface area (Å²) in [6, 6.07) is 0. The maximum absolute atomic E-state index is 12.8. The summed E-state index contributed by atoms with van der Waals surface area (Å²) in [5.41, 5.74) is 0. The van der Waals surface area contributed by atoms with E-state index in [-0.39, 0.29) is 31.1 Å². The molecule has 0 fully saturated rings. The largest absolute Gasteiger partial charge is 0.462 e. The SMILES string of the molecule is CCCCCCC/C=C\C/C=C\CCCCCCCCCCCCCCCCCC(=O)OCC(COC(=O)CCCCCCCCCC)OC(=O)CCCCCCCCCCCCCC. The Morgan fingerprint density at radius 3 is 0.846 bits per heavy atom. The van der Waals surface area contributed by atoms with Gasteiger partial charge in [0.1, 0.15) is 13.2 Å². The van der Waals surface area contributed by atoms with Gasteiger partial charge in [0.15, 0.2) is 6.10 Å². The molecule has 65 heavy (non-hydrogen) atoms. The molecule has 6 heteroatoms. The summed E-state index contributed by atoms with van der Waals surface area (Å²) < 4.78 is 16.8. The second kappa shape index (κ2) is 54.5. The summed E-state index contributed by atoms with van der Waals surface area (Å²) in [5, 5.41) is 0. The smallest absolute Gasteiger partial charge is 0.306 e. The highest BCUT2D eigenvalue weighted by molar-refractivity contribution is 5.71. The Morgan fingerprint density at radius 2 is 0.554 bits per heavy atom. The first-order valence-corrected chi connectivity index (χ1v) is 28.8. The van der Waals surface area contributed by atoms with Gasteiger partial charge in [0.05, 0.1) is 0 Å². The molecule has 0 saturated heterocycles. The van der Waals surface area contributed by atoms with Crippen molar-refractivity contribution in [2.45, 2.75) is 322 Å². The summed E-state index contributed by atoms with van der Waals surface area (Å²) in [6.07, 6.45) is 63.4. The van der Waals surface area contributed by atoms with Crippen molar-refractivity contribution in [1.82, 2.24) is 0 Å². The van der Waals surface area contributed by atoms with E-state index in [2.05, 4.69) is 45.1 Å². The number of hydrogen-bond acceptors (Lipinski definition) is 6. The summed E-state index contributed by atoms with van der Waals surface area (Å²) in [7, 11) is 0. The molecule has 1 unspecified atom stereocenters. The van der Waals surface area contributed by atoms with Crippen LogP contribution in [0.15, 0.2) is 24.3 Å². The predicted molar refractivity (Wildman–Crippen MR) is 279 cm³/mol. The second-order valence-electron chi connectivity index (χ2n) is 19.6. The molecule has 6 nitrogen and oxygen atoms in total. The van der Waals surface area contributed by atoms with Crippen LogP contribution in [0.5, 0.6) is 0 Å². The molecule has 0 aliphatic carbocycles. The third-order valence-electron chi connectivity index (χ3n) is 13.0. The maximum atomic E-state index is 12.8. The molecule has 0 spiro atoms. The van der Waals surface area contributed by atoms with Gasteiger partial charge >= 0.3 is 17.9 Å². The zero-order chi connectivity index (χ0) is 47.2. The van der Waals surface area contributed by atoms with Gasteiger partial charge < -0.3 is 14.2 Å². The number of rotatable bonds is 53. The van der Waals surface area contributed by atoms with Gasteiger partial charge in [0.25, 0.3) is 0 Å². The van der Waals surface area contributed by atoms with Crippen LogP contribution in [-0.2, 0) is 28.6 Å². The molecular weight excluding hydrogens is 805 g/mol. The number of carbonyl (C=O) groups excluding carboxylic acids is 3. The van der Waals surface area contributed by atoms with Crippen molar-refractivity contribution in [3.8, 4) is 0 Å². The van der Waals surface area contributed by atoms with Crippen LogP contribution in [0.3, 0.4) is 0 Å². The normalized spacial score (nSPS) is 12.1. The number of ether oxygens (including phenoxy) is 3. The van der Waals surface area contributed by atoms with Crippen molar-refractivity contribution < 1.29 is 28.6 Å². The van der Waals surface area contributed by atoms with E-state index >= 15 is 0 Å². The lowest BCUT2D eigenvalue weighted by Gasteiger charge is -2.18.